The number of amides is 1. The molecule has 2 aromatic rings. The lowest BCUT2D eigenvalue weighted by Gasteiger charge is -2.27. The molecule has 1 saturated heterocycles. The summed E-state index contributed by atoms with van der Waals surface area (Å²) in [6.07, 6.45) is 4.51. The predicted molar refractivity (Wildman–Crippen MR) is 120 cm³/mol. The molecule has 0 saturated carbocycles. The minimum Gasteiger partial charge on any atom is -0.494 e. The number of rotatable bonds is 8. The Morgan fingerprint density at radius 2 is 1.93 bits per heavy atom. The van der Waals surface area contributed by atoms with E-state index >= 15 is 0 Å². The number of carbonyl (C=O) groups is 1. The van der Waals surface area contributed by atoms with E-state index in [0.717, 1.165) is 23.3 Å². The fourth-order valence-electron chi connectivity index (χ4n) is 3.38. The van der Waals surface area contributed by atoms with Crippen molar-refractivity contribution in [3.63, 3.8) is 0 Å². The second kappa shape index (κ2) is 10.1. The second-order valence-electron chi connectivity index (χ2n) is 7.37. The number of hydrogen-bond acceptors (Lipinski definition) is 4. The van der Waals surface area contributed by atoms with Crippen LogP contribution < -0.4 is 4.74 Å². The molecule has 3 rings (SSSR count). The summed E-state index contributed by atoms with van der Waals surface area (Å²) in [6, 6.07) is 14.5. The highest BCUT2D eigenvalue weighted by molar-refractivity contribution is 7.91. The number of carbonyl (C=O) groups excluding carboxylic acids is 1. The quantitative estimate of drug-likeness (QED) is 0.564. The van der Waals surface area contributed by atoms with E-state index < -0.39 is 9.84 Å². The van der Waals surface area contributed by atoms with Gasteiger partial charge in [-0.05, 0) is 48.2 Å². The van der Waals surface area contributed by atoms with Gasteiger partial charge in [0.15, 0.2) is 9.84 Å². The van der Waals surface area contributed by atoms with Gasteiger partial charge in [-0.25, -0.2) is 8.42 Å². The molecular formula is C23H26ClNO4S. The van der Waals surface area contributed by atoms with Gasteiger partial charge in [-0.15, -0.1) is 0 Å². The lowest BCUT2D eigenvalue weighted by atomic mass is 10.1. The molecule has 0 bridgehead atoms. The first-order chi connectivity index (χ1) is 14.4. The highest BCUT2D eigenvalue weighted by Gasteiger charge is 2.34. The lowest BCUT2D eigenvalue weighted by Crippen LogP contribution is -2.39. The van der Waals surface area contributed by atoms with Crippen LogP contribution in [-0.2, 0) is 21.2 Å². The van der Waals surface area contributed by atoms with Gasteiger partial charge >= 0.3 is 0 Å². The Balaban J connectivity index is 1.78. The normalized spacial score (nSPS) is 17.9. The van der Waals surface area contributed by atoms with Crippen LogP contribution >= 0.6 is 11.6 Å². The molecule has 2 aromatic carbocycles. The summed E-state index contributed by atoms with van der Waals surface area (Å²) >= 11 is 6.17. The zero-order chi connectivity index (χ0) is 21.6. The zero-order valence-corrected chi connectivity index (χ0v) is 18.5. The topological polar surface area (TPSA) is 63.7 Å². The van der Waals surface area contributed by atoms with Crippen molar-refractivity contribution in [2.24, 2.45) is 0 Å². The van der Waals surface area contributed by atoms with Gasteiger partial charge in [0.2, 0.25) is 5.91 Å². The van der Waals surface area contributed by atoms with Gasteiger partial charge < -0.3 is 9.64 Å². The first-order valence-electron chi connectivity index (χ1n) is 10.0. The highest BCUT2D eigenvalue weighted by atomic mass is 35.5. The zero-order valence-electron chi connectivity index (χ0n) is 17.0. The van der Waals surface area contributed by atoms with Crippen molar-refractivity contribution in [1.29, 1.82) is 0 Å². The molecule has 1 aliphatic rings. The van der Waals surface area contributed by atoms with Gasteiger partial charge in [0.05, 0.1) is 18.1 Å². The average Bonchev–Trinajstić information content (AvgIpc) is 3.10. The number of benzene rings is 2. The van der Waals surface area contributed by atoms with E-state index in [1.807, 2.05) is 49.4 Å². The molecule has 7 heteroatoms. The summed E-state index contributed by atoms with van der Waals surface area (Å²) in [6.45, 7) is 3.03. The van der Waals surface area contributed by atoms with Crippen LogP contribution in [-0.4, -0.2) is 43.4 Å². The van der Waals surface area contributed by atoms with Crippen molar-refractivity contribution >= 4 is 33.4 Å². The van der Waals surface area contributed by atoms with Gasteiger partial charge in [0.25, 0.3) is 0 Å². The molecule has 1 heterocycles. The molecule has 0 aliphatic carbocycles. The van der Waals surface area contributed by atoms with Crippen LogP contribution in [0.25, 0.3) is 6.08 Å². The van der Waals surface area contributed by atoms with Crippen LogP contribution in [0, 0.1) is 0 Å². The van der Waals surface area contributed by atoms with E-state index in [-0.39, 0.29) is 23.5 Å². The molecule has 1 amide bonds. The molecule has 1 unspecified atom stereocenters. The van der Waals surface area contributed by atoms with Crippen LogP contribution in [0.5, 0.6) is 5.75 Å². The van der Waals surface area contributed by atoms with Crippen molar-refractivity contribution in [2.45, 2.75) is 32.4 Å². The molecule has 0 spiro atoms. The molecule has 1 atom stereocenters. The van der Waals surface area contributed by atoms with Gasteiger partial charge in [-0.1, -0.05) is 48.9 Å². The van der Waals surface area contributed by atoms with E-state index in [2.05, 4.69) is 0 Å². The molecule has 0 N–H and O–H groups in total. The first-order valence-corrected chi connectivity index (χ1v) is 12.2. The minimum atomic E-state index is -3.12. The summed E-state index contributed by atoms with van der Waals surface area (Å²) in [7, 11) is -3.12. The number of halogens is 1. The molecule has 30 heavy (non-hydrogen) atoms. The Labute approximate surface area is 183 Å². The molecule has 1 fully saturated rings. The maximum atomic E-state index is 13.0. The number of sulfone groups is 1. The van der Waals surface area contributed by atoms with Crippen molar-refractivity contribution in [1.82, 2.24) is 4.90 Å². The molecule has 1 aliphatic heterocycles. The summed E-state index contributed by atoms with van der Waals surface area (Å²) < 4.78 is 29.6. The fraction of sp³-hybridized carbons (Fsp3) is 0.348. The lowest BCUT2D eigenvalue weighted by molar-refractivity contribution is -0.128. The third-order valence-corrected chi connectivity index (χ3v) is 7.09. The molecular weight excluding hydrogens is 422 g/mol. The second-order valence-corrected chi connectivity index (χ2v) is 10.0. The summed E-state index contributed by atoms with van der Waals surface area (Å²) in [4.78, 5) is 14.7. The van der Waals surface area contributed by atoms with Gasteiger partial charge in [0.1, 0.15) is 5.75 Å². The largest absolute Gasteiger partial charge is 0.494 e. The molecule has 5 nitrogen and oxygen atoms in total. The van der Waals surface area contributed by atoms with Crippen LogP contribution in [0.2, 0.25) is 5.02 Å². The highest BCUT2D eigenvalue weighted by Crippen LogP contribution is 2.23. The van der Waals surface area contributed by atoms with Gasteiger partial charge in [-0.3, -0.25) is 4.79 Å². The van der Waals surface area contributed by atoms with E-state index in [1.165, 1.54) is 6.08 Å². The van der Waals surface area contributed by atoms with Crippen LogP contribution in [0.3, 0.4) is 0 Å². The first kappa shape index (κ1) is 22.4. The van der Waals surface area contributed by atoms with E-state index in [1.54, 1.807) is 17.0 Å². The van der Waals surface area contributed by atoms with Crippen molar-refractivity contribution < 1.29 is 17.9 Å². The Hall–Kier alpha value is -2.31. The smallest absolute Gasteiger partial charge is 0.247 e. The maximum Gasteiger partial charge on any atom is 0.247 e. The van der Waals surface area contributed by atoms with Gasteiger partial charge in [0, 0.05) is 23.7 Å². The van der Waals surface area contributed by atoms with Crippen molar-refractivity contribution in [3.05, 3.63) is 70.8 Å². The average molecular weight is 448 g/mol. The molecule has 160 valence electrons. The number of hydrogen-bond donors (Lipinski definition) is 0. The minimum absolute atomic E-state index is 0.00360. The predicted octanol–water partition coefficient (Wildman–Crippen LogP) is 4.36. The van der Waals surface area contributed by atoms with Crippen LogP contribution in [0.1, 0.15) is 30.9 Å². The van der Waals surface area contributed by atoms with E-state index in [9.17, 15) is 13.2 Å². The molecule has 0 aromatic heterocycles. The third-order valence-electron chi connectivity index (χ3n) is 4.99. The Morgan fingerprint density at radius 1 is 1.20 bits per heavy atom. The SMILES string of the molecule is CCCOc1ccc(CN(C(=O)/C=C/c2ccccc2Cl)C2CCS(=O)(=O)C2)cc1. The Bertz CT molecular complexity index is 1000. The fourth-order valence-corrected chi connectivity index (χ4v) is 5.31. The van der Waals surface area contributed by atoms with Crippen molar-refractivity contribution in [3.8, 4) is 5.75 Å². The Kier molecular flexibility index (Phi) is 7.56. The summed E-state index contributed by atoms with van der Waals surface area (Å²) in [5.41, 5.74) is 1.66. The van der Waals surface area contributed by atoms with Gasteiger partial charge in [-0.2, -0.15) is 0 Å². The maximum absolute atomic E-state index is 13.0. The number of ether oxygens (including phenoxy) is 1. The van der Waals surface area contributed by atoms with Crippen LogP contribution in [0.4, 0.5) is 0 Å². The monoisotopic (exact) mass is 447 g/mol. The number of nitrogens with zero attached hydrogens (tertiary/aromatic N) is 1. The standard InChI is InChI=1S/C23H26ClNO4S/c1-2-14-29-21-10-7-18(8-11-21)16-25(20-13-15-30(27,28)17-20)23(26)12-9-19-5-3-4-6-22(19)24/h3-12,20H,2,13-17H2,1H3/b12-9+. The van der Waals surface area contributed by atoms with Crippen LogP contribution in [0.15, 0.2) is 54.6 Å². The Morgan fingerprint density at radius 3 is 2.57 bits per heavy atom. The summed E-state index contributed by atoms with van der Waals surface area (Å²) in [5, 5.41) is 0.555. The molecule has 0 radical (unpaired) electrons. The third kappa shape index (κ3) is 6.09. The van der Waals surface area contributed by atoms with E-state index in [0.29, 0.717) is 24.6 Å². The van der Waals surface area contributed by atoms with Crippen molar-refractivity contribution in [2.75, 3.05) is 18.1 Å². The van der Waals surface area contributed by atoms with E-state index in [4.69, 9.17) is 16.3 Å². The summed E-state index contributed by atoms with van der Waals surface area (Å²) in [5.74, 6) is 0.652.